The number of amides is 2. The normalized spacial score (nSPS) is 18.0. The van der Waals surface area contributed by atoms with Gasteiger partial charge < -0.3 is 19.3 Å². The lowest BCUT2D eigenvalue weighted by Gasteiger charge is -2.34. The van der Waals surface area contributed by atoms with Crippen LogP contribution in [-0.4, -0.2) is 59.9 Å². The van der Waals surface area contributed by atoms with Gasteiger partial charge in [-0.15, -0.1) is 0 Å². The standard InChI is InChI=1S/C20H28N2O6/c1-5-27-19(25)15-7-9-17(23)21(13(15)3)11-12-22-14(4)16(8-10-18(22)24)20(26)28-6-2/h5-12H2,1-4H3. The molecule has 0 unspecified atom stereocenters. The smallest absolute Gasteiger partial charge is 0.335 e. The van der Waals surface area contributed by atoms with Crippen LogP contribution in [0.15, 0.2) is 22.5 Å². The van der Waals surface area contributed by atoms with Crippen molar-refractivity contribution < 1.29 is 28.7 Å². The van der Waals surface area contributed by atoms with E-state index in [9.17, 15) is 19.2 Å². The lowest BCUT2D eigenvalue weighted by atomic mass is 10.0. The third kappa shape index (κ3) is 4.61. The number of rotatable bonds is 7. The highest BCUT2D eigenvalue weighted by atomic mass is 16.5. The summed E-state index contributed by atoms with van der Waals surface area (Å²) in [5, 5.41) is 0. The molecule has 0 N–H and O–H groups in total. The number of nitrogens with zero attached hydrogens (tertiary/aromatic N) is 2. The monoisotopic (exact) mass is 392 g/mol. The molecule has 0 fully saturated rings. The Balaban J connectivity index is 2.18. The van der Waals surface area contributed by atoms with Crippen LogP contribution in [0.5, 0.6) is 0 Å². The predicted molar refractivity (Wildman–Crippen MR) is 101 cm³/mol. The van der Waals surface area contributed by atoms with Crippen LogP contribution in [0.1, 0.15) is 53.4 Å². The molecule has 0 saturated heterocycles. The highest BCUT2D eigenvalue weighted by molar-refractivity contribution is 5.94. The largest absolute Gasteiger partial charge is 0.463 e. The molecule has 154 valence electrons. The maximum atomic E-state index is 12.4. The van der Waals surface area contributed by atoms with Crippen molar-refractivity contribution >= 4 is 23.8 Å². The summed E-state index contributed by atoms with van der Waals surface area (Å²) in [5.74, 6) is -1.01. The minimum absolute atomic E-state index is 0.0951. The van der Waals surface area contributed by atoms with Gasteiger partial charge in [0, 0.05) is 37.3 Å². The summed E-state index contributed by atoms with van der Waals surface area (Å²) >= 11 is 0. The summed E-state index contributed by atoms with van der Waals surface area (Å²) in [6.07, 6.45) is 1.16. The second-order valence-corrected chi connectivity index (χ2v) is 6.66. The second kappa shape index (κ2) is 9.52. The van der Waals surface area contributed by atoms with Gasteiger partial charge in [0.05, 0.1) is 24.4 Å². The summed E-state index contributed by atoms with van der Waals surface area (Å²) in [6.45, 7) is 7.93. The average Bonchev–Trinajstić information content (AvgIpc) is 2.64. The van der Waals surface area contributed by atoms with E-state index in [1.807, 2.05) is 0 Å². The fourth-order valence-corrected chi connectivity index (χ4v) is 3.52. The SMILES string of the molecule is CCOC(=O)C1=C(C)N(CCN2C(=O)CCC(C(=O)OCC)=C2C)C(=O)CC1. The van der Waals surface area contributed by atoms with Crippen LogP contribution in [0.2, 0.25) is 0 Å². The molecule has 0 aromatic rings. The van der Waals surface area contributed by atoms with Gasteiger partial charge in [0.1, 0.15) is 0 Å². The van der Waals surface area contributed by atoms with Gasteiger partial charge in [-0.2, -0.15) is 0 Å². The van der Waals surface area contributed by atoms with E-state index in [-0.39, 0.29) is 51.0 Å². The van der Waals surface area contributed by atoms with Crippen molar-refractivity contribution in [2.75, 3.05) is 26.3 Å². The molecule has 2 heterocycles. The van der Waals surface area contributed by atoms with Crippen molar-refractivity contribution in [2.24, 2.45) is 0 Å². The number of ether oxygens (including phenoxy) is 2. The van der Waals surface area contributed by atoms with E-state index in [0.717, 1.165) is 0 Å². The number of allylic oxidation sites excluding steroid dienone is 2. The molecule has 8 heteroatoms. The quantitative estimate of drug-likeness (QED) is 0.615. The number of esters is 2. The van der Waals surface area contributed by atoms with E-state index < -0.39 is 11.9 Å². The second-order valence-electron chi connectivity index (χ2n) is 6.66. The van der Waals surface area contributed by atoms with Crippen LogP contribution in [0.25, 0.3) is 0 Å². The van der Waals surface area contributed by atoms with Crippen LogP contribution in [0.4, 0.5) is 0 Å². The fourth-order valence-electron chi connectivity index (χ4n) is 3.52. The molecule has 2 aliphatic rings. The number of carbonyl (C=O) groups excluding carboxylic acids is 4. The average molecular weight is 392 g/mol. The van der Waals surface area contributed by atoms with E-state index in [1.165, 1.54) is 9.80 Å². The summed E-state index contributed by atoms with van der Waals surface area (Å²) in [7, 11) is 0. The minimum Gasteiger partial charge on any atom is -0.463 e. The van der Waals surface area contributed by atoms with Gasteiger partial charge in [-0.3, -0.25) is 9.59 Å². The summed E-state index contributed by atoms with van der Waals surface area (Å²) < 4.78 is 10.1. The highest BCUT2D eigenvalue weighted by Crippen LogP contribution is 2.27. The molecule has 2 aliphatic heterocycles. The summed E-state index contributed by atoms with van der Waals surface area (Å²) in [6, 6.07) is 0. The lowest BCUT2D eigenvalue weighted by Crippen LogP contribution is -2.43. The zero-order valence-electron chi connectivity index (χ0n) is 17.0. The maximum absolute atomic E-state index is 12.4. The van der Waals surface area contributed by atoms with Crippen LogP contribution < -0.4 is 0 Å². The van der Waals surface area contributed by atoms with E-state index in [0.29, 0.717) is 35.4 Å². The molecule has 2 rings (SSSR count). The first-order chi connectivity index (χ1) is 13.3. The van der Waals surface area contributed by atoms with Crippen molar-refractivity contribution in [3.63, 3.8) is 0 Å². The summed E-state index contributed by atoms with van der Waals surface area (Å²) in [4.78, 5) is 52.0. The van der Waals surface area contributed by atoms with Gasteiger partial charge >= 0.3 is 11.9 Å². The van der Waals surface area contributed by atoms with Gasteiger partial charge in [0.25, 0.3) is 0 Å². The predicted octanol–water partition coefficient (Wildman–Crippen LogP) is 1.91. The Morgan fingerprint density at radius 2 is 1.11 bits per heavy atom. The van der Waals surface area contributed by atoms with Crippen LogP contribution in [-0.2, 0) is 28.7 Å². The maximum Gasteiger partial charge on any atom is 0.335 e. The molecule has 0 aromatic carbocycles. The van der Waals surface area contributed by atoms with Crippen LogP contribution >= 0.6 is 0 Å². The van der Waals surface area contributed by atoms with Crippen molar-refractivity contribution in [1.82, 2.24) is 9.80 Å². The number of hydrogen-bond donors (Lipinski definition) is 0. The Morgan fingerprint density at radius 3 is 1.43 bits per heavy atom. The molecule has 0 aromatic heterocycles. The van der Waals surface area contributed by atoms with Gasteiger partial charge in [-0.25, -0.2) is 9.59 Å². The van der Waals surface area contributed by atoms with E-state index in [4.69, 9.17) is 9.47 Å². The van der Waals surface area contributed by atoms with Crippen molar-refractivity contribution in [3.8, 4) is 0 Å². The molecule has 8 nitrogen and oxygen atoms in total. The van der Waals surface area contributed by atoms with Crippen molar-refractivity contribution in [3.05, 3.63) is 22.5 Å². The molecule has 2 amide bonds. The molecule has 0 bridgehead atoms. The molecular formula is C20H28N2O6. The molecule has 0 atom stereocenters. The van der Waals surface area contributed by atoms with Gasteiger partial charge in [-0.1, -0.05) is 0 Å². The zero-order valence-corrected chi connectivity index (χ0v) is 17.0. The van der Waals surface area contributed by atoms with Crippen LogP contribution in [0.3, 0.4) is 0 Å². The van der Waals surface area contributed by atoms with Crippen LogP contribution in [0, 0.1) is 0 Å². The molecule has 0 spiro atoms. The first-order valence-electron chi connectivity index (χ1n) is 9.66. The number of hydrogen-bond acceptors (Lipinski definition) is 6. The Labute approximate surface area is 165 Å². The zero-order chi connectivity index (χ0) is 20.8. The van der Waals surface area contributed by atoms with Crippen molar-refractivity contribution in [1.29, 1.82) is 0 Å². The van der Waals surface area contributed by atoms with E-state index in [2.05, 4.69) is 0 Å². The first kappa shape index (κ1) is 21.7. The highest BCUT2D eigenvalue weighted by Gasteiger charge is 2.31. The first-order valence-corrected chi connectivity index (χ1v) is 9.66. The Hall–Kier alpha value is -2.64. The molecule has 0 saturated carbocycles. The van der Waals surface area contributed by atoms with Gasteiger partial charge in [-0.05, 0) is 40.5 Å². The van der Waals surface area contributed by atoms with Gasteiger partial charge in [0.2, 0.25) is 11.8 Å². The molecule has 0 radical (unpaired) electrons. The van der Waals surface area contributed by atoms with Crippen molar-refractivity contribution in [2.45, 2.75) is 53.4 Å². The van der Waals surface area contributed by atoms with E-state index >= 15 is 0 Å². The fraction of sp³-hybridized carbons (Fsp3) is 0.600. The third-order valence-corrected chi connectivity index (χ3v) is 5.05. The topological polar surface area (TPSA) is 93.2 Å². The molecular weight excluding hydrogens is 364 g/mol. The minimum atomic E-state index is -0.410. The Bertz CT molecular complexity index is 675. The molecule has 28 heavy (non-hydrogen) atoms. The third-order valence-electron chi connectivity index (χ3n) is 5.05. The summed E-state index contributed by atoms with van der Waals surface area (Å²) in [5.41, 5.74) is 2.11. The van der Waals surface area contributed by atoms with E-state index in [1.54, 1.807) is 27.7 Å². The molecule has 0 aliphatic carbocycles. The van der Waals surface area contributed by atoms with Gasteiger partial charge in [0.15, 0.2) is 0 Å². The lowest BCUT2D eigenvalue weighted by molar-refractivity contribution is -0.141. The Kier molecular flexibility index (Phi) is 7.37. The Morgan fingerprint density at radius 1 is 0.750 bits per heavy atom. The number of carbonyl (C=O) groups is 4.